The number of carbonyl (C=O) groups is 1. The normalized spacial score (nSPS) is 12.2. The summed E-state index contributed by atoms with van der Waals surface area (Å²) in [4.78, 5) is 28.7. The van der Waals surface area contributed by atoms with Gasteiger partial charge in [-0.3, -0.25) is 14.2 Å². The van der Waals surface area contributed by atoms with E-state index >= 15 is 0 Å². The fraction of sp³-hybridized carbons (Fsp3) is 0.211. The summed E-state index contributed by atoms with van der Waals surface area (Å²) in [7, 11) is 0. The van der Waals surface area contributed by atoms with E-state index in [1.165, 1.54) is 0 Å². The molecule has 0 radical (unpaired) electrons. The third kappa shape index (κ3) is 4.61. The molecule has 3 rings (SSSR count). The van der Waals surface area contributed by atoms with Crippen molar-refractivity contribution >= 4 is 22.5 Å². The summed E-state index contributed by atoms with van der Waals surface area (Å²) < 4.78 is 78.4. The molecule has 0 saturated carbocycles. The quantitative estimate of drug-likeness (QED) is 0.629. The highest BCUT2D eigenvalue weighted by Gasteiger charge is 2.37. The Hall–Kier alpha value is -3.37. The van der Waals surface area contributed by atoms with Gasteiger partial charge in [-0.25, -0.2) is 4.98 Å². The highest BCUT2D eigenvalue weighted by Crippen LogP contribution is 2.37. The van der Waals surface area contributed by atoms with Crippen molar-refractivity contribution in [3.05, 3.63) is 69.8 Å². The number of nitrogens with zero attached hydrogens (tertiary/aromatic N) is 2. The van der Waals surface area contributed by atoms with Gasteiger partial charge in [-0.05, 0) is 37.3 Å². The molecule has 3 aromatic rings. The molecule has 0 fully saturated rings. The molecule has 0 spiro atoms. The minimum absolute atomic E-state index is 0.0459. The van der Waals surface area contributed by atoms with E-state index in [1.54, 1.807) is 25.1 Å². The Bertz CT molecular complexity index is 1150. The number of hydrogen-bond donors (Lipinski definition) is 1. The van der Waals surface area contributed by atoms with Crippen LogP contribution in [0.15, 0.2) is 47.5 Å². The molecular weight excluding hydrogens is 416 g/mol. The van der Waals surface area contributed by atoms with Gasteiger partial charge in [0.2, 0.25) is 5.91 Å². The van der Waals surface area contributed by atoms with Crippen LogP contribution in [-0.4, -0.2) is 15.5 Å². The summed E-state index contributed by atoms with van der Waals surface area (Å²) in [6, 6.07) is 5.63. The van der Waals surface area contributed by atoms with E-state index in [0.29, 0.717) is 17.6 Å². The molecule has 1 heterocycles. The van der Waals surface area contributed by atoms with Crippen molar-refractivity contribution < 1.29 is 31.1 Å². The van der Waals surface area contributed by atoms with Crippen LogP contribution >= 0.6 is 0 Å². The summed E-state index contributed by atoms with van der Waals surface area (Å²) in [6.45, 7) is 1.10. The molecule has 2 aromatic carbocycles. The second kappa shape index (κ2) is 7.47. The lowest BCUT2D eigenvalue weighted by Gasteiger charge is -2.15. The molecule has 1 aromatic heterocycles. The van der Waals surface area contributed by atoms with E-state index in [0.717, 1.165) is 16.5 Å². The maximum absolute atomic E-state index is 12.9. The van der Waals surface area contributed by atoms with Gasteiger partial charge in [0.15, 0.2) is 0 Å². The molecule has 0 bridgehead atoms. The van der Waals surface area contributed by atoms with Crippen LogP contribution in [0.4, 0.5) is 32.0 Å². The number of aryl methyl sites for hydroxylation is 1. The topological polar surface area (TPSA) is 64.0 Å². The lowest BCUT2D eigenvalue weighted by molar-refractivity contribution is -0.143. The number of alkyl halides is 6. The highest BCUT2D eigenvalue weighted by atomic mass is 19.4. The standard InChI is InChI=1S/C19H13F6N3O2/c1-10-2-3-15-14(4-10)17(30)28(9-26-15)8-16(29)27-13-6-11(18(20,21)22)5-12(7-13)19(23,24)25/h2-7,9H,8H2,1H3,(H,27,29). The van der Waals surface area contributed by atoms with E-state index in [1.807, 2.05) is 5.32 Å². The van der Waals surface area contributed by atoms with Gasteiger partial charge in [-0.2, -0.15) is 26.3 Å². The van der Waals surface area contributed by atoms with Crippen LogP contribution in [0.25, 0.3) is 10.9 Å². The lowest BCUT2D eigenvalue weighted by atomic mass is 10.1. The first-order valence-corrected chi connectivity index (χ1v) is 8.40. The zero-order chi connectivity index (χ0) is 22.3. The van der Waals surface area contributed by atoms with E-state index < -0.39 is 47.2 Å². The largest absolute Gasteiger partial charge is 0.416 e. The second-order valence-electron chi connectivity index (χ2n) is 6.54. The van der Waals surface area contributed by atoms with E-state index in [4.69, 9.17) is 0 Å². The number of anilines is 1. The number of hydrogen-bond acceptors (Lipinski definition) is 3. The first-order chi connectivity index (χ1) is 13.8. The molecule has 11 heteroatoms. The first kappa shape index (κ1) is 21.3. The van der Waals surface area contributed by atoms with Crippen molar-refractivity contribution in [2.45, 2.75) is 25.8 Å². The van der Waals surface area contributed by atoms with Crippen molar-refractivity contribution in [1.29, 1.82) is 0 Å². The fourth-order valence-electron chi connectivity index (χ4n) is 2.77. The van der Waals surface area contributed by atoms with Gasteiger partial charge in [-0.1, -0.05) is 11.6 Å². The number of aromatic nitrogens is 2. The van der Waals surface area contributed by atoms with Gasteiger partial charge in [0, 0.05) is 5.69 Å². The van der Waals surface area contributed by atoms with E-state index in [2.05, 4.69) is 4.98 Å². The summed E-state index contributed by atoms with van der Waals surface area (Å²) >= 11 is 0. The van der Waals surface area contributed by atoms with Crippen molar-refractivity contribution in [3.63, 3.8) is 0 Å². The van der Waals surface area contributed by atoms with Crippen LogP contribution in [0, 0.1) is 6.92 Å². The van der Waals surface area contributed by atoms with Crippen LogP contribution in [0.2, 0.25) is 0 Å². The lowest BCUT2D eigenvalue weighted by Crippen LogP contribution is -2.28. The van der Waals surface area contributed by atoms with Gasteiger partial charge in [0.25, 0.3) is 5.56 Å². The number of halogens is 6. The maximum atomic E-state index is 12.9. The summed E-state index contributed by atoms with van der Waals surface area (Å²) in [5, 5.41) is 2.20. The van der Waals surface area contributed by atoms with Crippen LogP contribution in [0.1, 0.15) is 16.7 Å². The van der Waals surface area contributed by atoms with Crippen LogP contribution in [0.5, 0.6) is 0 Å². The average Bonchev–Trinajstić information content (AvgIpc) is 2.63. The molecule has 0 aliphatic heterocycles. The van der Waals surface area contributed by atoms with Crippen molar-refractivity contribution in [2.24, 2.45) is 0 Å². The monoisotopic (exact) mass is 429 g/mol. The zero-order valence-corrected chi connectivity index (χ0v) is 15.2. The molecule has 1 N–H and O–H groups in total. The predicted octanol–water partition coefficient (Wildman–Crippen LogP) is 4.38. The summed E-state index contributed by atoms with van der Waals surface area (Å²) in [5.41, 5.74) is -3.24. The van der Waals surface area contributed by atoms with Gasteiger partial charge in [-0.15, -0.1) is 0 Å². The Kier molecular flexibility index (Phi) is 5.31. The smallest absolute Gasteiger partial charge is 0.325 e. The van der Waals surface area contributed by atoms with E-state index in [-0.39, 0.29) is 11.5 Å². The van der Waals surface area contributed by atoms with Crippen molar-refractivity contribution in [3.8, 4) is 0 Å². The SMILES string of the molecule is Cc1ccc2ncn(CC(=O)Nc3cc(C(F)(F)F)cc(C(F)(F)F)c3)c(=O)c2c1. The third-order valence-corrected chi connectivity index (χ3v) is 4.16. The minimum atomic E-state index is -5.04. The van der Waals surface area contributed by atoms with Gasteiger partial charge < -0.3 is 5.32 Å². The molecule has 5 nitrogen and oxygen atoms in total. The number of fused-ring (bicyclic) bond motifs is 1. The molecule has 0 atom stereocenters. The van der Waals surface area contributed by atoms with Crippen LogP contribution in [0.3, 0.4) is 0 Å². The molecule has 0 aliphatic carbocycles. The Labute approximate surface area is 165 Å². The summed E-state index contributed by atoms with van der Waals surface area (Å²) in [5.74, 6) is -0.988. The van der Waals surface area contributed by atoms with Gasteiger partial charge in [0.1, 0.15) is 6.54 Å². The highest BCUT2D eigenvalue weighted by molar-refractivity contribution is 5.91. The summed E-state index contributed by atoms with van der Waals surface area (Å²) in [6.07, 6.45) is -9.01. The number of rotatable bonds is 3. The third-order valence-electron chi connectivity index (χ3n) is 4.16. The first-order valence-electron chi connectivity index (χ1n) is 8.40. The Balaban J connectivity index is 1.90. The van der Waals surface area contributed by atoms with Crippen molar-refractivity contribution in [2.75, 3.05) is 5.32 Å². The maximum Gasteiger partial charge on any atom is 0.416 e. The van der Waals surface area contributed by atoms with Gasteiger partial charge >= 0.3 is 12.4 Å². The molecule has 1 amide bonds. The van der Waals surface area contributed by atoms with Gasteiger partial charge in [0.05, 0.1) is 28.4 Å². The second-order valence-corrected chi connectivity index (χ2v) is 6.54. The Morgan fingerprint density at radius 2 is 1.60 bits per heavy atom. The minimum Gasteiger partial charge on any atom is -0.325 e. The Morgan fingerprint density at radius 3 is 2.17 bits per heavy atom. The number of nitrogens with one attached hydrogen (secondary N) is 1. The zero-order valence-electron chi connectivity index (χ0n) is 15.2. The average molecular weight is 429 g/mol. The van der Waals surface area contributed by atoms with Crippen molar-refractivity contribution in [1.82, 2.24) is 9.55 Å². The fourth-order valence-corrected chi connectivity index (χ4v) is 2.77. The molecule has 158 valence electrons. The van der Waals surface area contributed by atoms with Crippen LogP contribution < -0.4 is 10.9 Å². The molecule has 0 unspecified atom stereocenters. The van der Waals surface area contributed by atoms with Crippen LogP contribution in [-0.2, 0) is 23.7 Å². The Morgan fingerprint density at radius 1 is 1.00 bits per heavy atom. The molecular formula is C19H13F6N3O2. The number of amides is 1. The number of carbonyl (C=O) groups excluding carboxylic acids is 1. The number of benzene rings is 2. The molecule has 0 saturated heterocycles. The molecule has 30 heavy (non-hydrogen) atoms. The predicted molar refractivity (Wildman–Crippen MR) is 95.8 cm³/mol. The van der Waals surface area contributed by atoms with E-state index in [9.17, 15) is 35.9 Å². The molecule has 0 aliphatic rings.